The van der Waals surface area contributed by atoms with Gasteiger partial charge in [-0.15, -0.1) is 0 Å². The summed E-state index contributed by atoms with van der Waals surface area (Å²) in [4.78, 5) is 29.5. The third-order valence-corrected chi connectivity index (χ3v) is 5.01. The van der Waals surface area contributed by atoms with Gasteiger partial charge in [0.25, 0.3) is 11.8 Å². The molecular formula is C18H13BrCl3N5O2. The summed E-state index contributed by atoms with van der Waals surface area (Å²) in [5.74, 6) is -0.567. The lowest BCUT2D eigenvalue weighted by Crippen LogP contribution is -2.23. The molecule has 0 unspecified atom stereocenters. The minimum atomic E-state index is -0.547. The Balaban J connectivity index is 2.05. The highest BCUT2D eigenvalue weighted by atomic mass is 79.9. The van der Waals surface area contributed by atoms with Crippen molar-refractivity contribution >= 4 is 68.2 Å². The second-order valence-electron chi connectivity index (χ2n) is 5.90. The number of pyridine rings is 1. The number of aryl methyl sites for hydroxylation is 1. The number of hydrogen-bond acceptors (Lipinski definition) is 4. The highest BCUT2D eigenvalue weighted by Gasteiger charge is 2.22. The number of halogens is 4. The van der Waals surface area contributed by atoms with E-state index in [2.05, 4.69) is 36.6 Å². The zero-order chi connectivity index (χ0) is 21.3. The van der Waals surface area contributed by atoms with Crippen molar-refractivity contribution in [3.05, 3.63) is 67.0 Å². The molecule has 2 amide bonds. The van der Waals surface area contributed by atoms with Crippen LogP contribution in [0, 0.1) is 6.92 Å². The zero-order valence-electron chi connectivity index (χ0n) is 15.1. The lowest BCUT2D eigenvalue weighted by Gasteiger charge is -2.14. The normalized spacial score (nSPS) is 10.7. The molecule has 2 heterocycles. The molecule has 0 saturated heterocycles. The predicted octanol–water partition coefficient (Wildman–Crippen LogP) is 4.91. The van der Waals surface area contributed by atoms with Crippen molar-refractivity contribution in [3.63, 3.8) is 0 Å². The Morgan fingerprint density at radius 3 is 2.45 bits per heavy atom. The third-order valence-electron chi connectivity index (χ3n) is 3.90. The van der Waals surface area contributed by atoms with Crippen LogP contribution in [0.1, 0.15) is 26.4 Å². The highest BCUT2D eigenvalue weighted by Crippen LogP contribution is 2.31. The van der Waals surface area contributed by atoms with Crippen molar-refractivity contribution in [2.45, 2.75) is 6.92 Å². The van der Waals surface area contributed by atoms with Crippen LogP contribution in [0.25, 0.3) is 5.82 Å². The number of amides is 2. The maximum absolute atomic E-state index is 13.0. The Morgan fingerprint density at radius 2 is 1.79 bits per heavy atom. The van der Waals surface area contributed by atoms with Gasteiger partial charge in [0.1, 0.15) is 10.3 Å². The van der Waals surface area contributed by atoms with Crippen LogP contribution in [-0.2, 0) is 0 Å². The number of nitrogens with zero attached hydrogens (tertiary/aromatic N) is 3. The van der Waals surface area contributed by atoms with Crippen molar-refractivity contribution in [3.8, 4) is 5.82 Å². The van der Waals surface area contributed by atoms with E-state index in [1.807, 2.05) is 0 Å². The lowest BCUT2D eigenvalue weighted by atomic mass is 10.1. The fourth-order valence-electron chi connectivity index (χ4n) is 2.62. The van der Waals surface area contributed by atoms with E-state index in [9.17, 15) is 9.59 Å². The van der Waals surface area contributed by atoms with Crippen molar-refractivity contribution in [1.82, 2.24) is 20.1 Å². The number of nitrogens with one attached hydrogen (secondary N) is 2. The van der Waals surface area contributed by atoms with Crippen molar-refractivity contribution in [1.29, 1.82) is 0 Å². The highest BCUT2D eigenvalue weighted by molar-refractivity contribution is 9.10. The minimum absolute atomic E-state index is 0.121. The van der Waals surface area contributed by atoms with Gasteiger partial charge in [0.2, 0.25) is 0 Å². The molecule has 1 aromatic carbocycles. The van der Waals surface area contributed by atoms with Crippen molar-refractivity contribution < 1.29 is 9.59 Å². The maximum atomic E-state index is 13.0. The fourth-order valence-corrected chi connectivity index (χ4v) is 3.75. The van der Waals surface area contributed by atoms with E-state index in [0.717, 1.165) is 5.56 Å². The average molecular weight is 518 g/mol. The number of aromatic nitrogens is 3. The molecule has 0 atom stereocenters. The first-order chi connectivity index (χ1) is 13.7. The molecule has 3 aromatic rings. The minimum Gasteiger partial charge on any atom is -0.355 e. The smallest absolute Gasteiger partial charge is 0.274 e. The topological polar surface area (TPSA) is 88.9 Å². The van der Waals surface area contributed by atoms with Crippen LogP contribution in [0.5, 0.6) is 0 Å². The first-order valence-electron chi connectivity index (χ1n) is 8.11. The summed E-state index contributed by atoms with van der Waals surface area (Å²) in [7, 11) is 1.46. The third kappa shape index (κ3) is 4.56. The standard InChI is InChI=1S/C18H13BrCl3N5O2/c1-8-3-10(21)7-24-16(8)27-13(6-14(19)26-27)18(29)25-15-11(17(28)23-2)4-9(20)5-12(15)22/h3-7H,1-2H3,(H,23,28)(H,25,29). The Bertz CT molecular complexity index is 1130. The van der Waals surface area contributed by atoms with E-state index in [4.69, 9.17) is 34.8 Å². The molecule has 3 rings (SSSR count). The zero-order valence-corrected chi connectivity index (χ0v) is 18.9. The first kappa shape index (κ1) is 21.6. The molecule has 7 nitrogen and oxygen atoms in total. The number of hydrogen-bond donors (Lipinski definition) is 2. The van der Waals surface area contributed by atoms with Gasteiger partial charge in [-0.25, -0.2) is 9.67 Å². The summed E-state index contributed by atoms with van der Waals surface area (Å²) >= 11 is 21.5. The molecule has 0 radical (unpaired) electrons. The molecule has 29 heavy (non-hydrogen) atoms. The van der Waals surface area contributed by atoms with Gasteiger partial charge >= 0.3 is 0 Å². The van der Waals surface area contributed by atoms with E-state index in [-0.39, 0.29) is 27.0 Å². The summed E-state index contributed by atoms with van der Waals surface area (Å²) in [5.41, 5.74) is 1.15. The molecule has 0 aliphatic heterocycles. The van der Waals surface area contributed by atoms with Crippen molar-refractivity contribution in [2.24, 2.45) is 0 Å². The van der Waals surface area contributed by atoms with E-state index in [0.29, 0.717) is 15.4 Å². The van der Waals surface area contributed by atoms with Crippen molar-refractivity contribution in [2.75, 3.05) is 12.4 Å². The van der Waals surface area contributed by atoms with E-state index in [1.165, 1.54) is 36.1 Å². The van der Waals surface area contributed by atoms with Gasteiger partial charge in [0, 0.05) is 24.3 Å². The van der Waals surface area contributed by atoms with Gasteiger partial charge in [0.15, 0.2) is 5.82 Å². The summed E-state index contributed by atoms with van der Waals surface area (Å²) < 4.78 is 1.79. The van der Waals surface area contributed by atoms with Crippen LogP contribution in [-0.4, -0.2) is 33.6 Å². The molecule has 0 saturated carbocycles. The fraction of sp³-hybridized carbons (Fsp3) is 0.111. The molecule has 2 N–H and O–H groups in total. The molecule has 0 bridgehead atoms. The molecular weight excluding hydrogens is 504 g/mol. The Labute approximate surface area is 189 Å². The lowest BCUT2D eigenvalue weighted by molar-refractivity contribution is 0.0964. The molecule has 150 valence electrons. The number of carbonyl (C=O) groups is 2. The maximum Gasteiger partial charge on any atom is 0.274 e. The van der Waals surface area contributed by atoms with Crippen LogP contribution >= 0.6 is 50.7 Å². The van der Waals surface area contributed by atoms with Gasteiger partial charge < -0.3 is 10.6 Å². The molecule has 0 aliphatic carbocycles. The molecule has 0 aliphatic rings. The second-order valence-corrected chi connectivity index (χ2v) is 7.99. The van der Waals surface area contributed by atoms with Gasteiger partial charge in [-0.2, -0.15) is 5.10 Å². The van der Waals surface area contributed by atoms with Gasteiger partial charge in [-0.1, -0.05) is 34.8 Å². The molecule has 11 heteroatoms. The van der Waals surface area contributed by atoms with Crippen LogP contribution in [0.15, 0.2) is 35.1 Å². The van der Waals surface area contributed by atoms with Crippen LogP contribution in [0.3, 0.4) is 0 Å². The van der Waals surface area contributed by atoms with Gasteiger partial charge in [-0.3, -0.25) is 9.59 Å². The number of benzene rings is 1. The van der Waals surface area contributed by atoms with E-state index < -0.39 is 11.8 Å². The number of carbonyl (C=O) groups excluding carboxylic acids is 2. The van der Waals surface area contributed by atoms with Crippen LogP contribution in [0.2, 0.25) is 15.1 Å². The molecule has 0 spiro atoms. The van der Waals surface area contributed by atoms with E-state index in [1.54, 1.807) is 13.0 Å². The summed E-state index contributed by atoms with van der Waals surface area (Å²) in [6, 6.07) is 6.08. The Morgan fingerprint density at radius 1 is 1.07 bits per heavy atom. The molecule has 0 fully saturated rings. The van der Waals surface area contributed by atoms with Crippen LogP contribution < -0.4 is 10.6 Å². The van der Waals surface area contributed by atoms with Crippen LogP contribution in [0.4, 0.5) is 5.69 Å². The molecule has 2 aromatic heterocycles. The SMILES string of the molecule is CNC(=O)c1cc(Cl)cc(Cl)c1NC(=O)c1cc(Br)nn1-c1ncc(Cl)cc1C. The summed E-state index contributed by atoms with van der Waals surface area (Å²) in [5, 5.41) is 10.3. The Kier molecular flexibility index (Phi) is 6.48. The predicted molar refractivity (Wildman–Crippen MR) is 117 cm³/mol. The van der Waals surface area contributed by atoms with Gasteiger partial charge in [0.05, 0.1) is 21.3 Å². The summed E-state index contributed by atoms with van der Waals surface area (Å²) in [6.07, 6.45) is 1.46. The van der Waals surface area contributed by atoms with E-state index >= 15 is 0 Å². The quantitative estimate of drug-likeness (QED) is 0.515. The first-order valence-corrected chi connectivity index (χ1v) is 10.0. The monoisotopic (exact) mass is 515 g/mol. The number of anilines is 1. The Hall–Kier alpha value is -2.13. The largest absolute Gasteiger partial charge is 0.355 e. The second kappa shape index (κ2) is 8.71. The number of rotatable bonds is 4. The van der Waals surface area contributed by atoms with Gasteiger partial charge in [-0.05, 0) is 46.6 Å². The average Bonchev–Trinajstić information content (AvgIpc) is 3.04. The summed E-state index contributed by atoms with van der Waals surface area (Å²) in [6.45, 7) is 1.80.